The standard InChI is InChI=1S/C24H30FNO5/c1-15-14-18(25)12-13-20(15)21(30-19-10-8-7-9-11-19)17(3)29-22(27)16(2)26-23(28)31-24(4,5)6/h7-14,16-17,21H,1-6H3,(H,26,28)/t16-,17-,21-/m0/s1. The average molecular weight is 432 g/mol. The van der Waals surface area contributed by atoms with E-state index in [1.165, 1.54) is 19.1 Å². The number of amides is 1. The summed E-state index contributed by atoms with van der Waals surface area (Å²) in [6.07, 6.45) is -2.11. The van der Waals surface area contributed by atoms with Gasteiger partial charge in [0.1, 0.15) is 29.3 Å². The molecule has 0 heterocycles. The molecule has 0 aliphatic heterocycles. The topological polar surface area (TPSA) is 73.9 Å². The van der Waals surface area contributed by atoms with Crippen LogP contribution in [0, 0.1) is 12.7 Å². The molecule has 2 aromatic rings. The lowest BCUT2D eigenvalue weighted by Crippen LogP contribution is -2.43. The van der Waals surface area contributed by atoms with Crippen LogP contribution in [0.3, 0.4) is 0 Å². The van der Waals surface area contributed by atoms with E-state index in [0.717, 1.165) is 0 Å². The molecular formula is C24H30FNO5. The number of nitrogens with one attached hydrogen (secondary N) is 1. The van der Waals surface area contributed by atoms with Crippen molar-refractivity contribution in [3.05, 3.63) is 65.5 Å². The first-order valence-corrected chi connectivity index (χ1v) is 10.1. The van der Waals surface area contributed by atoms with Gasteiger partial charge in [-0.1, -0.05) is 24.3 Å². The van der Waals surface area contributed by atoms with Gasteiger partial charge in [0.2, 0.25) is 0 Å². The van der Waals surface area contributed by atoms with Crippen molar-refractivity contribution >= 4 is 12.1 Å². The Morgan fingerprint density at radius 2 is 1.68 bits per heavy atom. The van der Waals surface area contributed by atoms with Crippen LogP contribution in [0.5, 0.6) is 5.75 Å². The van der Waals surface area contributed by atoms with Crippen molar-refractivity contribution in [2.75, 3.05) is 0 Å². The zero-order chi connectivity index (χ0) is 23.2. The number of ether oxygens (including phenoxy) is 3. The maximum absolute atomic E-state index is 13.6. The summed E-state index contributed by atoms with van der Waals surface area (Å²) in [6, 6.07) is 12.5. The van der Waals surface area contributed by atoms with E-state index in [1.807, 2.05) is 18.2 Å². The number of esters is 1. The van der Waals surface area contributed by atoms with Crippen molar-refractivity contribution in [2.24, 2.45) is 0 Å². The van der Waals surface area contributed by atoms with Crippen LogP contribution in [0.4, 0.5) is 9.18 Å². The zero-order valence-corrected chi connectivity index (χ0v) is 18.8. The summed E-state index contributed by atoms with van der Waals surface area (Å²) >= 11 is 0. The molecule has 0 aliphatic carbocycles. The summed E-state index contributed by atoms with van der Waals surface area (Å²) < 4.78 is 30.5. The van der Waals surface area contributed by atoms with Crippen molar-refractivity contribution in [1.29, 1.82) is 0 Å². The summed E-state index contributed by atoms with van der Waals surface area (Å²) in [5, 5.41) is 2.46. The lowest BCUT2D eigenvalue weighted by Gasteiger charge is -2.28. The third-order valence-corrected chi connectivity index (χ3v) is 4.36. The van der Waals surface area contributed by atoms with E-state index in [1.54, 1.807) is 52.8 Å². The maximum Gasteiger partial charge on any atom is 0.408 e. The van der Waals surface area contributed by atoms with Gasteiger partial charge in [-0.2, -0.15) is 0 Å². The lowest BCUT2D eigenvalue weighted by atomic mass is 9.99. The number of rotatable bonds is 7. The van der Waals surface area contributed by atoms with E-state index in [-0.39, 0.29) is 5.82 Å². The molecule has 0 unspecified atom stereocenters. The van der Waals surface area contributed by atoms with Gasteiger partial charge in [0.05, 0.1) is 0 Å². The molecule has 168 valence electrons. The Balaban J connectivity index is 2.15. The molecule has 0 radical (unpaired) electrons. The van der Waals surface area contributed by atoms with Crippen molar-refractivity contribution in [3.8, 4) is 5.75 Å². The molecule has 3 atom stereocenters. The quantitative estimate of drug-likeness (QED) is 0.618. The Morgan fingerprint density at radius 1 is 1.03 bits per heavy atom. The number of carbonyl (C=O) groups excluding carboxylic acids is 2. The minimum absolute atomic E-state index is 0.362. The lowest BCUT2D eigenvalue weighted by molar-refractivity contribution is -0.155. The van der Waals surface area contributed by atoms with E-state index in [2.05, 4.69) is 5.32 Å². The van der Waals surface area contributed by atoms with Crippen molar-refractivity contribution in [3.63, 3.8) is 0 Å². The molecule has 0 aliphatic rings. The molecule has 0 saturated carbocycles. The largest absolute Gasteiger partial charge is 0.482 e. The number of halogens is 1. The normalized spacial score (nSPS) is 14.2. The molecule has 7 heteroatoms. The van der Waals surface area contributed by atoms with Gasteiger partial charge >= 0.3 is 12.1 Å². The fraction of sp³-hybridized carbons (Fsp3) is 0.417. The smallest absolute Gasteiger partial charge is 0.408 e. The second kappa shape index (κ2) is 10.3. The molecule has 0 spiro atoms. The van der Waals surface area contributed by atoms with Gasteiger partial charge in [0.15, 0.2) is 6.10 Å². The Bertz CT molecular complexity index is 895. The monoisotopic (exact) mass is 431 g/mol. The van der Waals surface area contributed by atoms with E-state index in [9.17, 15) is 14.0 Å². The Kier molecular flexibility index (Phi) is 8.02. The number of carbonyl (C=O) groups is 2. The highest BCUT2D eigenvalue weighted by Gasteiger charge is 2.29. The molecule has 0 aromatic heterocycles. The Labute approximate surface area is 182 Å². The number of aryl methyl sites for hydroxylation is 1. The third-order valence-electron chi connectivity index (χ3n) is 4.36. The first kappa shape index (κ1) is 24.2. The van der Waals surface area contributed by atoms with Crippen LogP contribution in [0.25, 0.3) is 0 Å². The van der Waals surface area contributed by atoms with Crippen LogP contribution in [0.2, 0.25) is 0 Å². The molecule has 1 N–H and O–H groups in total. The highest BCUT2D eigenvalue weighted by molar-refractivity contribution is 5.81. The van der Waals surface area contributed by atoms with Crippen LogP contribution in [-0.2, 0) is 14.3 Å². The fourth-order valence-corrected chi connectivity index (χ4v) is 2.91. The van der Waals surface area contributed by atoms with E-state index < -0.39 is 35.9 Å². The van der Waals surface area contributed by atoms with Crippen LogP contribution in [-0.4, -0.2) is 29.8 Å². The average Bonchev–Trinajstić information content (AvgIpc) is 2.65. The molecule has 0 fully saturated rings. The van der Waals surface area contributed by atoms with Crippen LogP contribution < -0.4 is 10.1 Å². The third kappa shape index (κ3) is 7.59. The molecule has 2 rings (SSSR count). The Hall–Kier alpha value is -3.09. The second-order valence-corrected chi connectivity index (χ2v) is 8.36. The molecule has 31 heavy (non-hydrogen) atoms. The molecule has 6 nitrogen and oxygen atoms in total. The van der Waals surface area contributed by atoms with Gasteiger partial charge in [0.25, 0.3) is 0 Å². The van der Waals surface area contributed by atoms with E-state index in [0.29, 0.717) is 16.9 Å². The number of benzene rings is 2. The summed E-state index contributed by atoms with van der Waals surface area (Å²) in [4.78, 5) is 24.5. The first-order valence-electron chi connectivity index (χ1n) is 10.1. The molecule has 0 saturated heterocycles. The molecule has 2 aromatic carbocycles. The van der Waals surface area contributed by atoms with Crippen LogP contribution in [0.1, 0.15) is 51.8 Å². The predicted molar refractivity (Wildman–Crippen MR) is 115 cm³/mol. The van der Waals surface area contributed by atoms with Gasteiger partial charge in [0, 0.05) is 0 Å². The highest BCUT2D eigenvalue weighted by Crippen LogP contribution is 2.29. The highest BCUT2D eigenvalue weighted by atomic mass is 19.1. The SMILES string of the molecule is Cc1cc(F)ccc1[C@@H](Oc1ccccc1)[C@H](C)OC(=O)[C@H](C)NC(=O)OC(C)(C)C. The predicted octanol–water partition coefficient (Wildman–Crippen LogP) is 5.10. The molecular weight excluding hydrogens is 401 g/mol. The molecule has 1 amide bonds. The summed E-state index contributed by atoms with van der Waals surface area (Å²) in [5.41, 5.74) is 0.678. The van der Waals surface area contributed by atoms with E-state index >= 15 is 0 Å². The number of hydrogen-bond donors (Lipinski definition) is 1. The van der Waals surface area contributed by atoms with E-state index in [4.69, 9.17) is 14.2 Å². The Morgan fingerprint density at radius 3 is 2.26 bits per heavy atom. The van der Waals surface area contributed by atoms with Crippen molar-refractivity contribution < 1.29 is 28.2 Å². The van der Waals surface area contributed by atoms with Crippen LogP contribution >= 0.6 is 0 Å². The van der Waals surface area contributed by atoms with Gasteiger partial charge in [-0.05, 0) is 76.9 Å². The van der Waals surface area contributed by atoms with Crippen molar-refractivity contribution in [1.82, 2.24) is 5.32 Å². The number of alkyl carbamates (subject to hydrolysis) is 1. The number of hydrogen-bond acceptors (Lipinski definition) is 5. The van der Waals surface area contributed by atoms with Gasteiger partial charge in [-0.3, -0.25) is 0 Å². The minimum Gasteiger partial charge on any atom is -0.482 e. The van der Waals surface area contributed by atoms with Crippen LogP contribution in [0.15, 0.2) is 48.5 Å². The second-order valence-electron chi connectivity index (χ2n) is 8.36. The van der Waals surface area contributed by atoms with Crippen molar-refractivity contribution in [2.45, 2.75) is 65.4 Å². The maximum atomic E-state index is 13.6. The fourth-order valence-electron chi connectivity index (χ4n) is 2.91. The van der Waals surface area contributed by atoms with Gasteiger partial charge in [-0.25, -0.2) is 14.0 Å². The summed E-state index contributed by atoms with van der Waals surface area (Å²) in [7, 11) is 0. The molecule has 0 bridgehead atoms. The van der Waals surface area contributed by atoms with Gasteiger partial charge < -0.3 is 19.5 Å². The first-order chi connectivity index (χ1) is 14.5. The zero-order valence-electron chi connectivity index (χ0n) is 18.8. The minimum atomic E-state index is -0.927. The summed E-state index contributed by atoms with van der Waals surface area (Å²) in [6.45, 7) is 10.2. The summed E-state index contributed by atoms with van der Waals surface area (Å²) in [5.74, 6) is -0.418. The van der Waals surface area contributed by atoms with Gasteiger partial charge in [-0.15, -0.1) is 0 Å². The number of para-hydroxylation sites is 1.